The molecule has 20 heavy (non-hydrogen) atoms. The fourth-order valence-corrected chi connectivity index (χ4v) is 2.25. The van der Waals surface area contributed by atoms with Gasteiger partial charge in [-0.1, -0.05) is 30.3 Å². The lowest BCUT2D eigenvalue weighted by atomic mass is 9.94. The van der Waals surface area contributed by atoms with Gasteiger partial charge in [0.2, 0.25) is 5.78 Å². The molecule has 1 heterocycles. The van der Waals surface area contributed by atoms with Gasteiger partial charge in [-0.2, -0.15) is 10.2 Å². The summed E-state index contributed by atoms with van der Waals surface area (Å²) >= 11 is 0. The van der Waals surface area contributed by atoms with Gasteiger partial charge < -0.3 is 0 Å². The highest BCUT2D eigenvalue weighted by molar-refractivity contribution is 6.36. The summed E-state index contributed by atoms with van der Waals surface area (Å²) in [5.74, 6) is -0.559. The maximum atomic E-state index is 11.8. The Balaban J connectivity index is 2.41. The third kappa shape index (κ3) is 1.97. The zero-order valence-electron chi connectivity index (χ0n) is 10.5. The summed E-state index contributed by atoms with van der Waals surface area (Å²) in [5, 5.41) is 9.76. The summed E-state index contributed by atoms with van der Waals surface area (Å²) in [6.07, 6.45) is 1.89. The standard InChI is InChI=1S/C16H10N2O2/c19-10-15(20)13-8-7-11-4-1-2-5-12(11)16(13)14-6-3-9-17-18-14/h1-10H. The van der Waals surface area contributed by atoms with Crippen molar-refractivity contribution in [1.29, 1.82) is 0 Å². The van der Waals surface area contributed by atoms with Crippen LogP contribution in [0.5, 0.6) is 0 Å². The van der Waals surface area contributed by atoms with E-state index in [9.17, 15) is 9.59 Å². The van der Waals surface area contributed by atoms with Crippen molar-refractivity contribution in [1.82, 2.24) is 10.2 Å². The maximum Gasteiger partial charge on any atom is 0.226 e. The number of aldehydes is 1. The highest BCUT2D eigenvalue weighted by Crippen LogP contribution is 2.30. The molecular weight excluding hydrogens is 252 g/mol. The SMILES string of the molecule is O=CC(=O)c1ccc2ccccc2c1-c1cccnn1. The van der Waals surface area contributed by atoms with Gasteiger partial charge in [0.05, 0.1) is 5.69 Å². The normalized spacial score (nSPS) is 10.4. The summed E-state index contributed by atoms with van der Waals surface area (Å²) in [4.78, 5) is 22.7. The van der Waals surface area contributed by atoms with Crippen LogP contribution < -0.4 is 0 Å². The fourth-order valence-electron chi connectivity index (χ4n) is 2.25. The van der Waals surface area contributed by atoms with Gasteiger partial charge in [-0.15, -0.1) is 0 Å². The highest BCUT2D eigenvalue weighted by atomic mass is 16.2. The highest BCUT2D eigenvalue weighted by Gasteiger charge is 2.16. The number of hydrogen-bond donors (Lipinski definition) is 0. The molecule has 0 N–H and O–H groups in total. The van der Waals surface area contributed by atoms with Crippen molar-refractivity contribution in [3.63, 3.8) is 0 Å². The fraction of sp³-hybridized carbons (Fsp3) is 0. The van der Waals surface area contributed by atoms with Crippen LogP contribution in [0.3, 0.4) is 0 Å². The zero-order chi connectivity index (χ0) is 13.9. The summed E-state index contributed by atoms with van der Waals surface area (Å²) < 4.78 is 0. The summed E-state index contributed by atoms with van der Waals surface area (Å²) in [5.41, 5.74) is 1.57. The number of benzene rings is 2. The second-order valence-corrected chi connectivity index (χ2v) is 4.30. The first-order valence-electron chi connectivity index (χ1n) is 6.10. The van der Waals surface area contributed by atoms with Gasteiger partial charge in [-0.3, -0.25) is 9.59 Å². The molecule has 0 aliphatic rings. The lowest BCUT2D eigenvalue weighted by Gasteiger charge is -2.09. The number of nitrogens with zero attached hydrogens (tertiary/aromatic N) is 2. The number of carbonyl (C=O) groups is 2. The molecular formula is C16H10N2O2. The lowest BCUT2D eigenvalue weighted by molar-refractivity contribution is -0.104. The zero-order valence-corrected chi connectivity index (χ0v) is 10.5. The molecule has 0 saturated carbocycles. The van der Waals surface area contributed by atoms with Crippen LogP contribution in [0.4, 0.5) is 0 Å². The Bertz CT molecular complexity index is 798. The second kappa shape index (κ2) is 5.01. The summed E-state index contributed by atoms with van der Waals surface area (Å²) in [6.45, 7) is 0. The number of fused-ring (bicyclic) bond motifs is 1. The Morgan fingerprint density at radius 3 is 2.60 bits per heavy atom. The van der Waals surface area contributed by atoms with Crippen LogP contribution in [-0.2, 0) is 4.79 Å². The summed E-state index contributed by atoms with van der Waals surface area (Å²) in [6, 6.07) is 14.7. The van der Waals surface area contributed by atoms with E-state index in [-0.39, 0.29) is 0 Å². The van der Waals surface area contributed by atoms with Gasteiger partial charge in [0.25, 0.3) is 0 Å². The molecule has 0 aliphatic carbocycles. The van der Waals surface area contributed by atoms with Crippen molar-refractivity contribution in [2.75, 3.05) is 0 Å². The molecule has 0 atom stereocenters. The quantitative estimate of drug-likeness (QED) is 0.413. The van der Waals surface area contributed by atoms with Crippen molar-refractivity contribution < 1.29 is 9.59 Å². The first-order chi connectivity index (χ1) is 9.81. The van der Waals surface area contributed by atoms with Crippen LogP contribution in [0.2, 0.25) is 0 Å². The third-order valence-corrected chi connectivity index (χ3v) is 3.13. The molecule has 0 amide bonds. The molecule has 1 aromatic heterocycles. The summed E-state index contributed by atoms with van der Waals surface area (Å²) in [7, 11) is 0. The molecule has 0 saturated heterocycles. The van der Waals surface area contributed by atoms with Crippen LogP contribution in [0, 0.1) is 0 Å². The van der Waals surface area contributed by atoms with E-state index in [4.69, 9.17) is 0 Å². The minimum atomic E-state index is -0.559. The number of ketones is 1. The smallest absolute Gasteiger partial charge is 0.226 e. The maximum absolute atomic E-state index is 11.8. The third-order valence-electron chi connectivity index (χ3n) is 3.13. The van der Waals surface area contributed by atoms with E-state index in [2.05, 4.69) is 10.2 Å². The van der Waals surface area contributed by atoms with Crippen LogP contribution >= 0.6 is 0 Å². The Labute approximate surface area is 115 Å². The van der Waals surface area contributed by atoms with Crippen molar-refractivity contribution >= 4 is 22.8 Å². The number of Topliss-reactive ketones (excluding diaryl/α,β-unsaturated/α-hetero) is 1. The number of hydrogen-bond acceptors (Lipinski definition) is 4. The van der Waals surface area contributed by atoms with Crippen LogP contribution in [0.25, 0.3) is 22.0 Å². The Morgan fingerprint density at radius 1 is 1.00 bits per heavy atom. The number of rotatable bonds is 3. The Kier molecular flexibility index (Phi) is 3.05. The number of aromatic nitrogens is 2. The van der Waals surface area contributed by atoms with Crippen molar-refractivity contribution in [3.8, 4) is 11.3 Å². The second-order valence-electron chi connectivity index (χ2n) is 4.30. The molecule has 0 aliphatic heterocycles. The average Bonchev–Trinajstić information content (AvgIpc) is 2.53. The molecule has 2 aromatic carbocycles. The largest absolute Gasteiger partial charge is 0.294 e. The molecule has 96 valence electrons. The first kappa shape index (κ1) is 12.2. The van der Waals surface area contributed by atoms with E-state index in [1.54, 1.807) is 24.4 Å². The molecule has 3 rings (SSSR count). The van der Waals surface area contributed by atoms with E-state index in [0.29, 0.717) is 23.1 Å². The topological polar surface area (TPSA) is 59.9 Å². The van der Waals surface area contributed by atoms with Crippen molar-refractivity contribution in [3.05, 3.63) is 60.3 Å². The molecule has 0 fully saturated rings. The Hall–Kier alpha value is -2.88. The van der Waals surface area contributed by atoms with E-state index in [1.807, 2.05) is 30.3 Å². The molecule has 0 radical (unpaired) electrons. The van der Waals surface area contributed by atoms with Crippen molar-refractivity contribution in [2.24, 2.45) is 0 Å². The van der Waals surface area contributed by atoms with Gasteiger partial charge in [0.1, 0.15) is 0 Å². The van der Waals surface area contributed by atoms with Gasteiger partial charge >= 0.3 is 0 Å². The monoisotopic (exact) mass is 262 g/mol. The Morgan fingerprint density at radius 2 is 1.85 bits per heavy atom. The van der Waals surface area contributed by atoms with Gasteiger partial charge in [-0.25, -0.2) is 0 Å². The van der Waals surface area contributed by atoms with Crippen LogP contribution in [0.1, 0.15) is 10.4 Å². The first-order valence-corrected chi connectivity index (χ1v) is 6.10. The molecule has 0 spiro atoms. The van der Waals surface area contributed by atoms with Gasteiger partial charge in [0, 0.05) is 17.3 Å². The minimum absolute atomic E-state index is 0.323. The molecule has 0 bridgehead atoms. The van der Waals surface area contributed by atoms with Gasteiger partial charge in [0.15, 0.2) is 6.29 Å². The van der Waals surface area contributed by atoms with Gasteiger partial charge in [-0.05, 0) is 29.0 Å². The van der Waals surface area contributed by atoms with E-state index < -0.39 is 5.78 Å². The lowest BCUT2D eigenvalue weighted by Crippen LogP contribution is -2.04. The average molecular weight is 262 g/mol. The predicted molar refractivity (Wildman–Crippen MR) is 75.4 cm³/mol. The molecule has 0 unspecified atom stereocenters. The van der Waals surface area contributed by atoms with Crippen LogP contribution in [0.15, 0.2) is 54.7 Å². The van der Waals surface area contributed by atoms with E-state index in [0.717, 1.165) is 10.8 Å². The molecule has 4 nitrogen and oxygen atoms in total. The van der Waals surface area contributed by atoms with E-state index in [1.165, 1.54) is 0 Å². The molecule has 4 heteroatoms. The molecule has 3 aromatic rings. The predicted octanol–water partition coefficient (Wildman–Crippen LogP) is 2.68. The number of carbonyl (C=O) groups excluding carboxylic acids is 2. The van der Waals surface area contributed by atoms with Crippen molar-refractivity contribution in [2.45, 2.75) is 0 Å². The van der Waals surface area contributed by atoms with E-state index >= 15 is 0 Å². The van der Waals surface area contributed by atoms with Crippen LogP contribution in [-0.4, -0.2) is 22.3 Å². The minimum Gasteiger partial charge on any atom is -0.294 e.